The Kier molecular flexibility index (Phi) is 12.9. The van der Waals surface area contributed by atoms with Gasteiger partial charge in [-0.1, -0.05) is 42.3 Å². The van der Waals surface area contributed by atoms with Crippen molar-refractivity contribution in [1.29, 1.82) is 0 Å². The first-order valence-electron chi connectivity index (χ1n) is 16.8. The molecule has 0 saturated carbocycles. The molecule has 1 aromatic heterocycles. The van der Waals surface area contributed by atoms with Crippen LogP contribution in [0.3, 0.4) is 0 Å². The summed E-state index contributed by atoms with van der Waals surface area (Å²) in [5.41, 5.74) is 1.72. The summed E-state index contributed by atoms with van der Waals surface area (Å²) in [6.45, 7) is 15.7. The minimum atomic E-state index is -0.202. The molecule has 0 amide bonds. The third-order valence-electron chi connectivity index (χ3n) is 8.72. The third-order valence-corrected chi connectivity index (χ3v) is 9.07. The predicted octanol–water partition coefficient (Wildman–Crippen LogP) is 4.89. The van der Waals surface area contributed by atoms with Crippen LogP contribution >= 0.6 is 11.6 Å². The van der Waals surface area contributed by atoms with Crippen LogP contribution in [0, 0.1) is 0 Å². The molecule has 0 bridgehead atoms. The van der Waals surface area contributed by atoms with Crippen molar-refractivity contribution >= 4 is 23.0 Å². The second-order valence-electron chi connectivity index (χ2n) is 11.7. The SMILES string of the molecule is CCOc1ccccc1OCCN1CCN(c2cnn(CCCCCN3CCN(c4ccccc4OCC)CC3)c(=O)c2Cl)CC1. The lowest BCUT2D eigenvalue weighted by Crippen LogP contribution is -2.48. The first-order valence-corrected chi connectivity index (χ1v) is 17.2. The van der Waals surface area contributed by atoms with Gasteiger partial charge in [0.1, 0.15) is 17.4 Å². The van der Waals surface area contributed by atoms with Crippen molar-refractivity contribution in [3.63, 3.8) is 0 Å². The number of para-hydroxylation sites is 4. The minimum absolute atomic E-state index is 0.202. The number of hydrogen-bond donors (Lipinski definition) is 0. The molecule has 11 heteroatoms. The highest BCUT2D eigenvalue weighted by Gasteiger charge is 2.22. The minimum Gasteiger partial charge on any atom is -0.492 e. The lowest BCUT2D eigenvalue weighted by atomic mass is 10.2. The summed E-state index contributed by atoms with van der Waals surface area (Å²) in [6.07, 6.45) is 4.81. The predicted molar refractivity (Wildman–Crippen MR) is 185 cm³/mol. The van der Waals surface area contributed by atoms with Gasteiger partial charge in [-0.2, -0.15) is 5.10 Å². The van der Waals surface area contributed by atoms with E-state index in [1.54, 1.807) is 6.20 Å². The number of aryl methyl sites for hydroxylation is 1. The van der Waals surface area contributed by atoms with Gasteiger partial charge >= 0.3 is 0 Å². The summed E-state index contributed by atoms with van der Waals surface area (Å²) in [7, 11) is 0. The second-order valence-corrected chi connectivity index (χ2v) is 12.1. The normalized spacial score (nSPS) is 16.1. The highest BCUT2D eigenvalue weighted by Crippen LogP contribution is 2.29. The smallest absolute Gasteiger partial charge is 0.287 e. The number of unbranched alkanes of at least 4 members (excludes halogenated alkanes) is 2. The maximum atomic E-state index is 13.1. The van der Waals surface area contributed by atoms with Crippen molar-refractivity contribution in [3.05, 3.63) is 70.1 Å². The van der Waals surface area contributed by atoms with Crippen LogP contribution in [0.2, 0.25) is 5.02 Å². The van der Waals surface area contributed by atoms with E-state index in [4.69, 9.17) is 25.8 Å². The van der Waals surface area contributed by atoms with Gasteiger partial charge < -0.3 is 24.0 Å². The van der Waals surface area contributed by atoms with Crippen LogP contribution in [0.15, 0.2) is 59.5 Å². The highest BCUT2D eigenvalue weighted by atomic mass is 35.5. The fourth-order valence-corrected chi connectivity index (χ4v) is 6.43. The largest absolute Gasteiger partial charge is 0.492 e. The molecule has 2 aliphatic rings. The van der Waals surface area contributed by atoms with Gasteiger partial charge in [0.2, 0.25) is 0 Å². The van der Waals surface area contributed by atoms with Crippen LogP contribution in [0.5, 0.6) is 17.2 Å². The lowest BCUT2D eigenvalue weighted by Gasteiger charge is -2.36. The number of rotatable bonds is 16. The van der Waals surface area contributed by atoms with Gasteiger partial charge in [-0.15, -0.1) is 0 Å². The monoisotopic (exact) mass is 652 g/mol. The number of anilines is 2. The first kappa shape index (κ1) is 33.9. The number of hydrogen-bond acceptors (Lipinski definition) is 9. The Morgan fingerprint density at radius 2 is 1.20 bits per heavy atom. The molecule has 0 atom stereocenters. The molecule has 46 heavy (non-hydrogen) atoms. The molecular weight excluding hydrogens is 604 g/mol. The average molecular weight is 653 g/mol. The first-order chi connectivity index (χ1) is 22.6. The van der Waals surface area contributed by atoms with Gasteiger partial charge in [0.15, 0.2) is 11.5 Å². The molecule has 10 nitrogen and oxygen atoms in total. The van der Waals surface area contributed by atoms with Crippen LogP contribution in [0.4, 0.5) is 11.4 Å². The van der Waals surface area contributed by atoms with E-state index in [1.165, 1.54) is 10.4 Å². The fraction of sp³-hybridized carbons (Fsp3) is 0.543. The standard InChI is InChI=1S/C35H49ClN6O4/c1-3-44-31-13-7-6-12-29(31)40-22-18-38(19-23-40)16-10-5-11-17-42-35(43)34(36)30(28-37-42)41-24-20-39(21-25-41)26-27-46-33-15-9-8-14-32(33)45-4-2/h6-9,12-15,28H,3-5,10-11,16-27H2,1-2H3. The van der Waals surface area contributed by atoms with Gasteiger partial charge in [0.05, 0.1) is 30.8 Å². The van der Waals surface area contributed by atoms with Crippen LogP contribution in [0.1, 0.15) is 33.1 Å². The Morgan fingerprint density at radius 3 is 1.87 bits per heavy atom. The molecule has 2 fully saturated rings. The zero-order chi connectivity index (χ0) is 32.1. The Balaban J connectivity index is 0.991. The zero-order valence-corrected chi connectivity index (χ0v) is 28.2. The molecule has 2 aliphatic heterocycles. The van der Waals surface area contributed by atoms with Crippen molar-refractivity contribution in [2.75, 3.05) is 95.1 Å². The number of ether oxygens (including phenoxy) is 3. The van der Waals surface area contributed by atoms with Crippen molar-refractivity contribution in [2.45, 2.75) is 39.7 Å². The topological polar surface area (TPSA) is 75.5 Å². The summed E-state index contributed by atoms with van der Waals surface area (Å²) in [4.78, 5) is 22.5. The van der Waals surface area contributed by atoms with Crippen molar-refractivity contribution in [1.82, 2.24) is 19.6 Å². The Hall–Kier alpha value is -3.47. The van der Waals surface area contributed by atoms with Gasteiger partial charge in [-0.25, -0.2) is 4.68 Å². The third kappa shape index (κ3) is 9.08. The number of aromatic nitrogens is 2. The number of benzene rings is 2. The summed E-state index contributed by atoms with van der Waals surface area (Å²) < 4.78 is 19.0. The Labute approximate surface area is 278 Å². The van der Waals surface area contributed by atoms with E-state index < -0.39 is 0 Å². The average Bonchev–Trinajstić information content (AvgIpc) is 3.08. The maximum Gasteiger partial charge on any atom is 0.287 e. The van der Waals surface area contributed by atoms with Gasteiger partial charge in [0.25, 0.3) is 5.56 Å². The lowest BCUT2D eigenvalue weighted by molar-refractivity contribution is 0.195. The molecule has 2 aromatic carbocycles. The summed E-state index contributed by atoms with van der Waals surface area (Å²) in [5, 5.41) is 4.76. The van der Waals surface area contributed by atoms with Crippen molar-refractivity contribution in [2.24, 2.45) is 0 Å². The summed E-state index contributed by atoms with van der Waals surface area (Å²) in [5.74, 6) is 2.52. The van der Waals surface area contributed by atoms with Crippen LogP contribution in [0.25, 0.3) is 0 Å². The van der Waals surface area contributed by atoms with Gasteiger partial charge in [-0.05, 0) is 57.5 Å². The molecule has 3 aromatic rings. The maximum absolute atomic E-state index is 13.1. The van der Waals surface area contributed by atoms with Crippen molar-refractivity contribution < 1.29 is 14.2 Å². The molecule has 0 aliphatic carbocycles. The molecule has 5 rings (SSSR count). The van der Waals surface area contributed by atoms with E-state index in [9.17, 15) is 4.79 Å². The molecule has 0 unspecified atom stereocenters. The Bertz CT molecular complexity index is 1420. The van der Waals surface area contributed by atoms with Crippen LogP contribution < -0.4 is 29.6 Å². The molecule has 0 radical (unpaired) electrons. The van der Waals surface area contributed by atoms with Crippen LogP contribution in [-0.4, -0.2) is 105 Å². The van der Waals surface area contributed by atoms with E-state index in [-0.39, 0.29) is 10.6 Å². The van der Waals surface area contributed by atoms with E-state index in [0.717, 1.165) is 108 Å². The zero-order valence-electron chi connectivity index (χ0n) is 27.4. The number of halogens is 1. The summed E-state index contributed by atoms with van der Waals surface area (Å²) in [6, 6.07) is 16.1. The number of nitrogens with zero attached hydrogens (tertiary/aromatic N) is 6. The van der Waals surface area contributed by atoms with Gasteiger partial charge in [-0.3, -0.25) is 14.6 Å². The second kappa shape index (κ2) is 17.4. The molecule has 2 saturated heterocycles. The molecular formula is C35H49ClN6O4. The molecule has 250 valence electrons. The molecule has 0 N–H and O–H groups in total. The Morgan fingerprint density at radius 1 is 0.652 bits per heavy atom. The number of piperazine rings is 2. The fourth-order valence-electron chi connectivity index (χ4n) is 6.16. The van der Waals surface area contributed by atoms with Crippen LogP contribution in [-0.2, 0) is 6.54 Å². The molecule has 3 heterocycles. The van der Waals surface area contributed by atoms with Gasteiger partial charge in [0, 0.05) is 65.4 Å². The van der Waals surface area contributed by atoms with E-state index in [0.29, 0.717) is 26.4 Å². The van der Waals surface area contributed by atoms with Crippen molar-refractivity contribution in [3.8, 4) is 17.2 Å². The van der Waals surface area contributed by atoms with E-state index in [2.05, 4.69) is 42.9 Å². The summed E-state index contributed by atoms with van der Waals surface area (Å²) >= 11 is 6.61. The van der Waals surface area contributed by atoms with E-state index in [1.807, 2.05) is 44.2 Å². The quantitative estimate of drug-likeness (QED) is 0.201. The highest BCUT2D eigenvalue weighted by molar-refractivity contribution is 6.33. The molecule has 0 spiro atoms. The van der Waals surface area contributed by atoms with E-state index >= 15 is 0 Å².